The molecular weight excluding hydrogens is 140 g/mol. The smallest absolute Gasteiger partial charge is 0.334 e. The van der Waals surface area contributed by atoms with Crippen LogP contribution in [0.2, 0.25) is 0 Å². The average molecular weight is 152 g/mol. The maximum atomic E-state index is 10.9. The number of ether oxygens (including phenoxy) is 1. The van der Waals surface area contributed by atoms with E-state index in [0.717, 1.165) is 0 Å². The van der Waals surface area contributed by atoms with Crippen molar-refractivity contribution in [3.8, 4) is 0 Å². The highest BCUT2D eigenvalue weighted by Gasteiger charge is 2.32. The van der Waals surface area contributed by atoms with E-state index >= 15 is 0 Å². The number of allylic oxidation sites excluding steroid dienone is 1. The van der Waals surface area contributed by atoms with Gasteiger partial charge in [0.05, 0.1) is 0 Å². The Balaban J connectivity index is 2.74. The van der Waals surface area contributed by atoms with E-state index in [1.54, 1.807) is 0 Å². The van der Waals surface area contributed by atoms with Crippen LogP contribution in [0.25, 0.3) is 0 Å². The lowest BCUT2D eigenvalue weighted by Crippen LogP contribution is -2.09. The minimum atomic E-state index is -0.263. The molecule has 0 aromatic carbocycles. The first kappa shape index (κ1) is 8.05. The first-order chi connectivity index (χ1) is 5.16. The van der Waals surface area contributed by atoms with Gasteiger partial charge in [0.15, 0.2) is 0 Å². The molecule has 0 aromatic heterocycles. The van der Waals surface area contributed by atoms with Crippen molar-refractivity contribution in [2.45, 2.75) is 20.0 Å². The second-order valence-electron chi connectivity index (χ2n) is 2.71. The van der Waals surface area contributed by atoms with Crippen molar-refractivity contribution in [3.63, 3.8) is 0 Å². The lowest BCUT2D eigenvalue weighted by molar-refractivity contribution is -0.137. The highest BCUT2D eigenvalue weighted by atomic mass is 16.5. The van der Waals surface area contributed by atoms with Gasteiger partial charge in [-0.05, 0) is 13.0 Å². The van der Waals surface area contributed by atoms with Gasteiger partial charge in [0.1, 0.15) is 6.10 Å². The normalized spacial score (nSPS) is 31.5. The molecule has 60 valence electrons. The summed E-state index contributed by atoms with van der Waals surface area (Å²) < 4.78 is 5.00. The molecule has 0 N–H and O–H groups in total. The van der Waals surface area contributed by atoms with E-state index in [0.29, 0.717) is 5.57 Å². The van der Waals surface area contributed by atoms with Crippen LogP contribution in [0.15, 0.2) is 24.3 Å². The molecule has 0 aliphatic carbocycles. The van der Waals surface area contributed by atoms with Crippen LogP contribution in [0, 0.1) is 5.92 Å². The Kier molecular flexibility index (Phi) is 2.13. The van der Waals surface area contributed by atoms with Crippen LogP contribution in [0.3, 0.4) is 0 Å². The van der Waals surface area contributed by atoms with Crippen LogP contribution in [0.5, 0.6) is 0 Å². The third-order valence-corrected chi connectivity index (χ3v) is 1.93. The van der Waals surface area contributed by atoms with Crippen molar-refractivity contribution in [1.29, 1.82) is 0 Å². The molecule has 1 aliphatic rings. The topological polar surface area (TPSA) is 26.3 Å². The summed E-state index contributed by atoms with van der Waals surface area (Å²) in [6.45, 7) is 7.49. The van der Waals surface area contributed by atoms with Crippen molar-refractivity contribution in [3.05, 3.63) is 24.3 Å². The first-order valence-corrected chi connectivity index (χ1v) is 3.69. The third kappa shape index (κ3) is 1.34. The van der Waals surface area contributed by atoms with Gasteiger partial charge >= 0.3 is 5.97 Å². The summed E-state index contributed by atoms with van der Waals surface area (Å²) in [5, 5.41) is 0. The molecule has 0 unspecified atom stereocenters. The molecule has 2 heteroatoms. The predicted octanol–water partition coefficient (Wildman–Crippen LogP) is 1.68. The zero-order valence-corrected chi connectivity index (χ0v) is 6.83. The van der Waals surface area contributed by atoms with Gasteiger partial charge < -0.3 is 4.74 Å². The summed E-state index contributed by atoms with van der Waals surface area (Å²) in [6, 6.07) is 0. The van der Waals surface area contributed by atoms with Gasteiger partial charge in [-0.2, -0.15) is 0 Å². The lowest BCUT2D eigenvalue weighted by atomic mass is 10.00. The predicted molar refractivity (Wildman–Crippen MR) is 43.0 cm³/mol. The van der Waals surface area contributed by atoms with Crippen molar-refractivity contribution < 1.29 is 9.53 Å². The second-order valence-corrected chi connectivity index (χ2v) is 2.71. The van der Waals surface area contributed by atoms with Crippen LogP contribution >= 0.6 is 0 Å². The van der Waals surface area contributed by atoms with E-state index in [1.165, 1.54) is 0 Å². The molecule has 0 aromatic rings. The lowest BCUT2D eigenvalue weighted by Gasteiger charge is -2.06. The number of esters is 1. The highest BCUT2D eigenvalue weighted by Crippen LogP contribution is 2.26. The van der Waals surface area contributed by atoms with E-state index < -0.39 is 0 Å². The number of cyclic esters (lactones) is 1. The van der Waals surface area contributed by atoms with E-state index in [1.807, 2.05) is 26.0 Å². The van der Waals surface area contributed by atoms with Gasteiger partial charge in [-0.25, -0.2) is 4.79 Å². The van der Waals surface area contributed by atoms with Crippen LogP contribution in [0.4, 0.5) is 0 Å². The summed E-state index contributed by atoms with van der Waals surface area (Å²) in [5.74, 6) is -0.140. The zero-order chi connectivity index (χ0) is 8.43. The fourth-order valence-corrected chi connectivity index (χ4v) is 1.08. The SMILES string of the molecule is C=C1C(=O)O[C@@H](/C=C/C)[C@@H]1C. The Morgan fingerprint density at radius 2 is 2.27 bits per heavy atom. The van der Waals surface area contributed by atoms with Crippen LogP contribution in [-0.2, 0) is 9.53 Å². The minimum Gasteiger partial charge on any atom is -0.454 e. The minimum absolute atomic E-state index is 0.0972. The number of hydrogen-bond acceptors (Lipinski definition) is 2. The summed E-state index contributed by atoms with van der Waals surface area (Å²) in [6.07, 6.45) is 3.66. The number of hydrogen-bond donors (Lipinski definition) is 0. The van der Waals surface area contributed by atoms with Crippen LogP contribution in [0.1, 0.15) is 13.8 Å². The molecule has 0 amide bonds. The van der Waals surface area contributed by atoms with Gasteiger partial charge in [0, 0.05) is 11.5 Å². The fraction of sp³-hybridized carbons (Fsp3) is 0.444. The quantitative estimate of drug-likeness (QED) is 0.324. The molecule has 0 bridgehead atoms. The number of carbonyl (C=O) groups is 1. The molecule has 1 saturated heterocycles. The van der Waals surface area contributed by atoms with E-state index in [9.17, 15) is 4.79 Å². The van der Waals surface area contributed by atoms with Crippen molar-refractivity contribution in [2.75, 3.05) is 0 Å². The molecule has 2 atom stereocenters. The maximum absolute atomic E-state index is 10.9. The van der Waals surface area contributed by atoms with E-state index in [-0.39, 0.29) is 18.0 Å². The summed E-state index contributed by atoms with van der Waals surface area (Å²) in [4.78, 5) is 10.9. The monoisotopic (exact) mass is 152 g/mol. The summed E-state index contributed by atoms with van der Waals surface area (Å²) >= 11 is 0. The van der Waals surface area contributed by atoms with E-state index in [4.69, 9.17) is 4.74 Å². The fourth-order valence-electron chi connectivity index (χ4n) is 1.08. The number of rotatable bonds is 1. The second kappa shape index (κ2) is 2.91. The molecule has 1 fully saturated rings. The van der Waals surface area contributed by atoms with Crippen molar-refractivity contribution in [2.24, 2.45) is 5.92 Å². The Morgan fingerprint density at radius 3 is 2.64 bits per heavy atom. The summed E-state index contributed by atoms with van der Waals surface area (Å²) in [7, 11) is 0. The molecular formula is C9H12O2. The van der Waals surface area contributed by atoms with Crippen LogP contribution in [-0.4, -0.2) is 12.1 Å². The summed E-state index contributed by atoms with van der Waals surface area (Å²) in [5.41, 5.74) is 0.577. The van der Waals surface area contributed by atoms with Gasteiger partial charge in [-0.3, -0.25) is 0 Å². The molecule has 0 radical (unpaired) electrons. The molecule has 2 nitrogen and oxygen atoms in total. The third-order valence-electron chi connectivity index (χ3n) is 1.93. The van der Waals surface area contributed by atoms with E-state index in [2.05, 4.69) is 6.58 Å². The molecule has 1 rings (SSSR count). The Hall–Kier alpha value is -1.05. The average Bonchev–Trinajstić information content (AvgIpc) is 2.19. The zero-order valence-electron chi connectivity index (χ0n) is 6.83. The molecule has 0 spiro atoms. The Morgan fingerprint density at radius 1 is 1.64 bits per heavy atom. The highest BCUT2D eigenvalue weighted by molar-refractivity contribution is 5.90. The maximum Gasteiger partial charge on any atom is 0.334 e. The number of carbonyl (C=O) groups excluding carboxylic acids is 1. The van der Waals surface area contributed by atoms with Gasteiger partial charge in [0.2, 0.25) is 0 Å². The molecule has 1 aliphatic heterocycles. The largest absolute Gasteiger partial charge is 0.454 e. The van der Waals surface area contributed by atoms with Gasteiger partial charge in [0.25, 0.3) is 0 Å². The molecule has 0 saturated carbocycles. The van der Waals surface area contributed by atoms with Crippen LogP contribution < -0.4 is 0 Å². The van der Waals surface area contributed by atoms with Gasteiger partial charge in [-0.1, -0.05) is 19.6 Å². The van der Waals surface area contributed by atoms with Gasteiger partial charge in [-0.15, -0.1) is 0 Å². The van der Waals surface area contributed by atoms with Crippen molar-refractivity contribution in [1.82, 2.24) is 0 Å². The van der Waals surface area contributed by atoms with Crippen molar-refractivity contribution >= 4 is 5.97 Å². The Labute approximate surface area is 66.5 Å². The standard InChI is InChI=1S/C9H12O2/c1-4-5-8-6(2)7(3)9(10)11-8/h4-6,8H,3H2,1-2H3/b5-4+/t6-,8+/m1/s1. The Bertz CT molecular complexity index is 216. The first-order valence-electron chi connectivity index (χ1n) is 3.69. The molecule has 1 heterocycles. The molecule has 11 heavy (non-hydrogen) atoms.